The average molecular weight is 173 g/mol. The molecule has 9 heavy (non-hydrogen) atoms. The standard InChI is InChI=1S/C3H6ClO4P/c4-1-3(5)2-9(6,7)8/h1-2H2,(H2,6,7,8). The molecule has 0 aliphatic carbocycles. The SMILES string of the molecule is O=C(CCl)CP(=O)(O)O. The molecule has 0 radical (unpaired) electrons. The maximum Gasteiger partial charge on any atom is 0.332 e. The minimum atomic E-state index is -4.17. The van der Waals surface area contributed by atoms with Gasteiger partial charge < -0.3 is 9.79 Å². The van der Waals surface area contributed by atoms with Gasteiger partial charge in [0.25, 0.3) is 0 Å². The van der Waals surface area contributed by atoms with Gasteiger partial charge in [-0.1, -0.05) is 0 Å². The second-order valence-electron chi connectivity index (χ2n) is 1.50. The molecule has 0 aromatic rings. The molecular weight excluding hydrogens is 166 g/mol. The largest absolute Gasteiger partial charge is 0.332 e. The van der Waals surface area contributed by atoms with Crippen molar-refractivity contribution in [2.24, 2.45) is 0 Å². The number of halogens is 1. The van der Waals surface area contributed by atoms with Gasteiger partial charge in [0.1, 0.15) is 6.16 Å². The summed E-state index contributed by atoms with van der Waals surface area (Å²) < 4.78 is 10.0. The summed E-state index contributed by atoms with van der Waals surface area (Å²) in [5.74, 6) is -0.976. The molecule has 0 fully saturated rings. The van der Waals surface area contributed by atoms with E-state index in [1.165, 1.54) is 0 Å². The van der Waals surface area contributed by atoms with Crippen molar-refractivity contribution in [3.05, 3.63) is 0 Å². The zero-order valence-corrected chi connectivity index (χ0v) is 6.10. The lowest BCUT2D eigenvalue weighted by Gasteiger charge is -1.97. The molecule has 0 bridgehead atoms. The fraction of sp³-hybridized carbons (Fsp3) is 0.667. The highest BCUT2D eigenvalue weighted by atomic mass is 35.5. The van der Waals surface area contributed by atoms with E-state index in [1.807, 2.05) is 0 Å². The highest BCUT2D eigenvalue weighted by molar-refractivity contribution is 7.52. The van der Waals surface area contributed by atoms with Crippen LogP contribution in [-0.2, 0) is 9.36 Å². The molecule has 0 unspecified atom stereocenters. The average Bonchev–Trinajstić information content (AvgIpc) is 1.62. The van der Waals surface area contributed by atoms with Crippen molar-refractivity contribution < 1.29 is 19.1 Å². The van der Waals surface area contributed by atoms with Crippen molar-refractivity contribution in [1.82, 2.24) is 0 Å². The third-order valence-corrected chi connectivity index (χ3v) is 1.59. The molecule has 4 nitrogen and oxygen atoms in total. The van der Waals surface area contributed by atoms with Gasteiger partial charge in [-0.2, -0.15) is 0 Å². The first-order valence-corrected chi connectivity index (χ1v) is 4.41. The van der Waals surface area contributed by atoms with E-state index >= 15 is 0 Å². The summed E-state index contributed by atoms with van der Waals surface area (Å²) in [6.45, 7) is 0. The van der Waals surface area contributed by atoms with Gasteiger partial charge in [0.15, 0.2) is 5.78 Å². The third kappa shape index (κ3) is 5.99. The predicted octanol–water partition coefficient (Wildman–Crippen LogP) is -0.0280. The molecule has 0 saturated carbocycles. The molecule has 0 heterocycles. The summed E-state index contributed by atoms with van der Waals surface area (Å²) in [7, 11) is -4.17. The van der Waals surface area contributed by atoms with Gasteiger partial charge in [-0.05, 0) is 0 Å². The maximum absolute atomic E-state index is 10.2. The van der Waals surface area contributed by atoms with Crippen LogP contribution >= 0.6 is 19.2 Å². The van der Waals surface area contributed by atoms with E-state index in [0.717, 1.165) is 0 Å². The molecular formula is C3H6ClO4P. The molecule has 0 spiro atoms. The molecule has 0 rings (SSSR count). The number of ketones is 1. The lowest BCUT2D eigenvalue weighted by molar-refractivity contribution is -0.114. The summed E-state index contributed by atoms with van der Waals surface area (Å²) >= 11 is 4.97. The lowest BCUT2D eigenvalue weighted by atomic mass is 10.5. The van der Waals surface area contributed by atoms with E-state index in [0.29, 0.717) is 0 Å². The fourth-order valence-corrected chi connectivity index (χ4v) is 1.07. The summed E-state index contributed by atoms with van der Waals surface area (Å²) in [4.78, 5) is 26.5. The Morgan fingerprint density at radius 2 is 2.00 bits per heavy atom. The van der Waals surface area contributed by atoms with Crippen LogP contribution in [0, 0.1) is 0 Å². The zero-order valence-electron chi connectivity index (χ0n) is 4.45. The predicted molar refractivity (Wildman–Crippen MR) is 32.6 cm³/mol. The second-order valence-corrected chi connectivity index (χ2v) is 3.41. The van der Waals surface area contributed by atoms with Gasteiger partial charge in [0, 0.05) is 0 Å². The lowest BCUT2D eigenvalue weighted by Crippen LogP contribution is -2.05. The van der Waals surface area contributed by atoms with Gasteiger partial charge in [-0.3, -0.25) is 9.36 Å². The normalized spacial score (nSPS) is 11.4. The molecule has 0 aromatic carbocycles. The smallest absolute Gasteiger partial charge is 0.324 e. The minimum Gasteiger partial charge on any atom is -0.324 e. The number of hydrogen-bond acceptors (Lipinski definition) is 2. The number of Topliss-reactive ketones (excluding diaryl/α,β-unsaturated/α-hetero) is 1. The zero-order chi connectivity index (χ0) is 7.49. The molecule has 2 N–H and O–H groups in total. The van der Waals surface area contributed by atoms with Crippen molar-refractivity contribution >= 4 is 25.0 Å². The molecule has 0 amide bonds. The van der Waals surface area contributed by atoms with Crippen LogP contribution in [0.3, 0.4) is 0 Å². The van der Waals surface area contributed by atoms with Crippen molar-refractivity contribution in [3.63, 3.8) is 0 Å². The van der Waals surface area contributed by atoms with Crippen LogP contribution in [0.2, 0.25) is 0 Å². The summed E-state index contributed by atoms with van der Waals surface area (Å²) in [5, 5.41) is 0. The van der Waals surface area contributed by atoms with Crippen molar-refractivity contribution in [2.75, 3.05) is 12.0 Å². The van der Waals surface area contributed by atoms with Gasteiger partial charge in [0.05, 0.1) is 5.88 Å². The second kappa shape index (κ2) is 3.32. The summed E-state index contributed by atoms with van der Waals surface area (Å²) in [6, 6.07) is 0. The minimum absolute atomic E-state index is 0.342. The highest BCUT2D eigenvalue weighted by Gasteiger charge is 2.17. The summed E-state index contributed by atoms with van der Waals surface area (Å²) in [5.41, 5.74) is 0. The van der Waals surface area contributed by atoms with Gasteiger partial charge in [0.2, 0.25) is 0 Å². The van der Waals surface area contributed by atoms with Gasteiger partial charge >= 0.3 is 7.60 Å². The van der Waals surface area contributed by atoms with E-state index in [4.69, 9.17) is 21.4 Å². The van der Waals surface area contributed by atoms with E-state index in [-0.39, 0.29) is 5.88 Å². The van der Waals surface area contributed by atoms with Crippen LogP contribution in [0.15, 0.2) is 0 Å². The van der Waals surface area contributed by atoms with E-state index in [9.17, 15) is 9.36 Å². The molecule has 6 heteroatoms. The van der Waals surface area contributed by atoms with Gasteiger partial charge in [-0.15, -0.1) is 11.6 Å². The van der Waals surface area contributed by atoms with Gasteiger partial charge in [-0.25, -0.2) is 0 Å². The molecule has 0 aliphatic heterocycles. The third-order valence-electron chi connectivity index (χ3n) is 0.531. The Morgan fingerprint density at radius 3 is 2.11 bits per heavy atom. The molecule has 54 valence electrons. The van der Waals surface area contributed by atoms with Crippen LogP contribution in [0.1, 0.15) is 0 Å². The Labute approximate surface area is 57.0 Å². The maximum atomic E-state index is 10.2. The Balaban J connectivity index is 3.75. The first-order valence-electron chi connectivity index (χ1n) is 2.08. The Hall–Kier alpha value is 0.110. The van der Waals surface area contributed by atoms with Crippen LogP contribution in [0.4, 0.5) is 0 Å². The molecule has 0 atom stereocenters. The van der Waals surface area contributed by atoms with E-state index < -0.39 is 19.5 Å². The quantitative estimate of drug-likeness (QED) is 0.463. The Kier molecular flexibility index (Phi) is 3.36. The Morgan fingerprint density at radius 1 is 1.56 bits per heavy atom. The molecule has 0 aromatic heterocycles. The molecule has 0 aliphatic rings. The van der Waals surface area contributed by atoms with Crippen LogP contribution in [-0.4, -0.2) is 27.6 Å². The molecule has 0 saturated heterocycles. The first kappa shape index (κ1) is 9.11. The highest BCUT2D eigenvalue weighted by Crippen LogP contribution is 2.33. The monoisotopic (exact) mass is 172 g/mol. The number of alkyl halides is 1. The first-order chi connectivity index (χ1) is 3.95. The number of carbonyl (C=O) groups excluding carboxylic acids is 1. The van der Waals surface area contributed by atoms with Crippen LogP contribution in [0.5, 0.6) is 0 Å². The fourth-order valence-electron chi connectivity index (χ4n) is 0.272. The van der Waals surface area contributed by atoms with Crippen LogP contribution in [0.25, 0.3) is 0 Å². The van der Waals surface area contributed by atoms with Crippen LogP contribution < -0.4 is 0 Å². The summed E-state index contributed by atoms with van der Waals surface area (Å²) in [6.07, 6.45) is -0.753. The van der Waals surface area contributed by atoms with E-state index in [1.54, 1.807) is 0 Å². The van der Waals surface area contributed by atoms with Crippen molar-refractivity contribution in [3.8, 4) is 0 Å². The topological polar surface area (TPSA) is 74.6 Å². The Bertz CT molecular complexity index is 150. The van der Waals surface area contributed by atoms with E-state index in [2.05, 4.69) is 0 Å². The number of hydrogen-bond donors (Lipinski definition) is 2. The van der Waals surface area contributed by atoms with Crippen molar-refractivity contribution in [2.45, 2.75) is 0 Å². The number of rotatable bonds is 3. The number of carbonyl (C=O) groups is 1. The van der Waals surface area contributed by atoms with Crippen molar-refractivity contribution in [1.29, 1.82) is 0 Å².